The van der Waals surface area contributed by atoms with Gasteiger partial charge in [0.05, 0.1) is 31.7 Å². The van der Waals surface area contributed by atoms with Crippen LogP contribution in [0.4, 0.5) is 0 Å². The van der Waals surface area contributed by atoms with Gasteiger partial charge in [0.15, 0.2) is 11.5 Å². The second-order valence-electron chi connectivity index (χ2n) is 5.43. The quantitative estimate of drug-likeness (QED) is 0.446. The van der Waals surface area contributed by atoms with Crippen LogP contribution in [-0.2, 0) is 12.1 Å². The van der Waals surface area contributed by atoms with Crippen LogP contribution in [0.25, 0.3) is 0 Å². The number of halogens is 1. The van der Waals surface area contributed by atoms with Gasteiger partial charge in [-0.15, -0.1) is 0 Å². The molecule has 0 saturated heterocycles. The Labute approximate surface area is 173 Å². The second kappa shape index (κ2) is 9.60. The highest BCUT2D eigenvalue weighted by atomic mass is 35.5. The molecule has 0 unspecified atom stereocenters. The van der Waals surface area contributed by atoms with E-state index in [4.69, 9.17) is 50.2 Å². The lowest BCUT2D eigenvalue weighted by molar-refractivity contribution is 0.353. The Morgan fingerprint density at radius 1 is 0.889 bits per heavy atom. The molecule has 5 nitrogen and oxygen atoms in total. The number of aliphatic imine (C=N–C) groups is 2. The normalized spacial score (nSPS) is 12.1. The van der Waals surface area contributed by atoms with E-state index in [1.165, 1.54) is 0 Å². The van der Waals surface area contributed by atoms with Gasteiger partial charge in [0.25, 0.3) is 0 Å². The van der Waals surface area contributed by atoms with Crippen molar-refractivity contribution in [2.45, 2.75) is 12.1 Å². The number of nitrogens with zero attached hydrogens (tertiary/aromatic N) is 2. The van der Waals surface area contributed by atoms with Crippen LogP contribution < -0.4 is 14.2 Å². The molecular weight excluding hydrogens is 404 g/mol. The average molecular weight is 421 g/mol. The Kier molecular flexibility index (Phi) is 7.48. The van der Waals surface area contributed by atoms with Gasteiger partial charge >= 0.3 is 0 Å². The molecule has 0 aliphatic carbocycles. The van der Waals surface area contributed by atoms with Crippen molar-refractivity contribution in [2.24, 2.45) is 9.98 Å². The van der Waals surface area contributed by atoms with Crippen molar-refractivity contribution in [1.29, 1.82) is 0 Å². The van der Waals surface area contributed by atoms with Crippen LogP contribution in [0.1, 0.15) is 11.1 Å². The summed E-state index contributed by atoms with van der Waals surface area (Å²) in [5.41, 5.74) is 0.235. The third-order valence-corrected chi connectivity index (χ3v) is 4.37. The van der Waals surface area contributed by atoms with E-state index in [1.807, 2.05) is 12.1 Å². The number of rotatable bonds is 8. The molecule has 0 aliphatic rings. The zero-order valence-electron chi connectivity index (χ0n) is 15.0. The van der Waals surface area contributed by atoms with Crippen LogP contribution in [0.5, 0.6) is 17.2 Å². The molecule has 0 radical (unpaired) electrons. The minimum Gasteiger partial charge on any atom is -0.496 e. The first kappa shape index (κ1) is 21.0. The highest BCUT2D eigenvalue weighted by molar-refractivity contribution is 7.78. The molecular formula is C19H17ClN2O3S2. The van der Waals surface area contributed by atoms with E-state index < -0.39 is 5.66 Å². The number of benzene rings is 2. The van der Waals surface area contributed by atoms with Crippen molar-refractivity contribution in [1.82, 2.24) is 0 Å². The van der Waals surface area contributed by atoms with E-state index >= 15 is 0 Å². The maximum atomic E-state index is 6.20. The number of isothiocyanates is 2. The van der Waals surface area contributed by atoms with E-state index in [-0.39, 0.29) is 0 Å². The fourth-order valence-corrected chi connectivity index (χ4v) is 3.21. The number of hydrogen-bond donors (Lipinski definition) is 0. The molecule has 0 N–H and O–H groups in total. The van der Waals surface area contributed by atoms with Crippen molar-refractivity contribution in [3.63, 3.8) is 0 Å². The molecule has 0 saturated carbocycles. The minimum absolute atomic E-state index is 0.303. The first-order valence-corrected chi connectivity index (χ1v) is 8.96. The highest BCUT2D eigenvalue weighted by Crippen LogP contribution is 2.40. The zero-order valence-corrected chi connectivity index (χ0v) is 17.4. The summed E-state index contributed by atoms with van der Waals surface area (Å²) in [6.45, 7) is 0. The van der Waals surface area contributed by atoms with Crippen molar-refractivity contribution in [2.75, 3.05) is 21.3 Å². The maximum Gasteiger partial charge on any atom is 0.202 e. The molecule has 8 heteroatoms. The van der Waals surface area contributed by atoms with Gasteiger partial charge in [0.2, 0.25) is 5.66 Å². The van der Waals surface area contributed by atoms with Gasteiger partial charge in [-0.1, -0.05) is 17.7 Å². The van der Waals surface area contributed by atoms with E-state index in [0.717, 1.165) is 5.56 Å². The van der Waals surface area contributed by atoms with Gasteiger partial charge in [-0.2, -0.15) is 9.98 Å². The molecule has 0 bridgehead atoms. The molecule has 0 fully saturated rings. The van der Waals surface area contributed by atoms with Crippen molar-refractivity contribution < 1.29 is 14.2 Å². The summed E-state index contributed by atoms with van der Waals surface area (Å²) in [5.74, 6) is 1.74. The number of hydrogen-bond acceptors (Lipinski definition) is 7. The third kappa shape index (κ3) is 4.72. The monoisotopic (exact) mass is 420 g/mol. The van der Waals surface area contributed by atoms with E-state index in [9.17, 15) is 0 Å². The molecule has 0 atom stereocenters. The number of methoxy groups -OCH3 is 3. The second-order valence-corrected chi connectivity index (χ2v) is 6.24. The van der Waals surface area contributed by atoms with Crippen LogP contribution in [-0.4, -0.2) is 31.7 Å². The van der Waals surface area contributed by atoms with Gasteiger partial charge in [-0.05, 0) is 60.3 Å². The Bertz CT molecular complexity index is 905. The molecule has 2 rings (SSSR count). The minimum atomic E-state index is -1.22. The largest absolute Gasteiger partial charge is 0.496 e. The van der Waals surface area contributed by atoms with Crippen LogP contribution in [0.3, 0.4) is 0 Å². The van der Waals surface area contributed by atoms with Gasteiger partial charge in [-0.3, -0.25) is 0 Å². The first-order chi connectivity index (χ1) is 13.0. The Morgan fingerprint density at radius 2 is 1.48 bits per heavy atom. The van der Waals surface area contributed by atoms with Gasteiger partial charge in [-0.25, -0.2) is 0 Å². The summed E-state index contributed by atoms with van der Waals surface area (Å²) in [5, 5.41) is 5.32. The van der Waals surface area contributed by atoms with Crippen molar-refractivity contribution in [3.05, 3.63) is 52.5 Å². The lowest BCUT2D eigenvalue weighted by Crippen LogP contribution is -2.25. The summed E-state index contributed by atoms with van der Waals surface area (Å²) in [7, 11) is 4.70. The zero-order chi connectivity index (χ0) is 19.9. The predicted molar refractivity (Wildman–Crippen MR) is 113 cm³/mol. The summed E-state index contributed by atoms with van der Waals surface area (Å²) in [6, 6.07) is 10.7. The Balaban J connectivity index is 2.67. The molecule has 2 aromatic carbocycles. The fourth-order valence-electron chi connectivity index (χ4n) is 2.74. The molecule has 2 aromatic rings. The van der Waals surface area contributed by atoms with Crippen molar-refractivity contribution >= 4 is 46.4 Å². The predicted octanol–water partition coefficient (Wildman–Crippen LogP) is 4.97. The molecule has 140 valence electrons. The van der Waals surface area contributed by atoms with Crippen LogP contribution >= 0.6 is 36.0 Å². The van der Waals surface area contributed by atoms with E-state index in [1.54, 1.807) is 45.6 Å². The first-order valence-electron chi connectivity index (χ1n) is 7.76. The summed E-state index contributed by atoms with van der Waals surface area (Å²) in [6.07, 6.45) is 0.303. The van der Waals surface area contributed by atoms with Crippen LogP contribution in [0.2, 0.25) is 5.02 Å². The van der Waals surface area contributed by atoms with Gasteiger partial charge in [0, 0.05) is 17.0 Å². The molecule has 0 spiro atoms. The van der Waals surface area contributed by atoms with Crippen LogP contribution in [0.15, 0.2) is 46.4 Å². The van der Waals surface area contributed by atoms with Crippen LogP contribution in [0, 0.1) is 0 Å². The summed E-state index contributed by atoms with van der Waals surface area (Å²) in [4.78, 5) is 8.63. The summed E-state index contributed by atoms with van der Waals surface area (Å²) < 4.78 is 16.1. The SMILES string of the molecule is COc1ccc(CC(N=C=S)(N=C=S)c2cc(Cl)ccc2OC)cc1OC. The smallest absolute Gasteiger partial charge is 0.202 e. The molecule has 0 aliphatic heterocycles. The molecule has 0 amide bonds. The third-order valence-electron chi connectivity index (χ3n) is 3.95. The van der Waals surface area contributed by atoms with Gasteiger partial charge < -0.3 is 14.2 Å². The molecule has 0 heterocycles. The van der Waals surface area contributed by atoms with E-state index in [2.05, 4.69) is 20.3 Å². The van der Waals surface area contributed by atoms with Crippen molar-refractivity contribution in [3.8, 4) is 17.2 Å². The van der Waals surface area contributed by atoms with Gasteiger partial charge in [0.1, 0.15) is 5.75 Å². The number of ether oxygens (including phenoxy) is 3. The highest BCUT2D eigenvalue weighted by Gasteiger charge is 2.35. The fraction of sp³-hybridized carbons (Fsp3) is 0.263. The summed E-state index contributed by atoms with van der Waals surface area (Å²) >= 11 is 16.0. The molecule has 27 heavy (non-hydrogen) atoms. The standard InChI is InChI=1S/C19H17ClN2O3S2/c1-23-16-7-5-14(20)9-15(16)19(21-11-26,22-12-27)10-13-4-6-17(24-2)18(8-13)25-3/h4-9H,10H2,1-3H3. The number of thiocarbonyl (C=S) groups is 2. The lowest BCUT2D eigenvalue weighted by atomic mass is 9.91. The Morgan fingerprint density at radius 3 is 2.04 bits per heavy atom. The van der Waals surface area contributed by atoms with E-state index in [0.29, 0.717) is 34.3 Å². The lowest BCUT2D eigenvalue weighted by Gasteiger charge is -2.26. The molecule has 0 aromatic heterocycles. The average Bonchev–Trinajstić information content (AvgIpc) is 2.68. The Hall–Kier alpha value is -2.27. The maximum absolute atomic E-state index is 6.20. The topological polar surface area (TPSA) is 52.4 Å².